The number of alkyl halides is 3. The van der Waals surface area contributed by atoms with Crippen molar-refractivity contribution in [1.29, 1.82) is 0 Å². The van der Waals surface area contributed by atoms with E-state index >= 15 is 0 Å². The summed E-state index contributed by atoms with van der Waals surface area (Å²) in [5, 5.41) is 0. The number of benzene rings is 3. The number of piperidine rings is 1. The number of likely N-dealkylation sites (tertiary alicyclic amines) is 1. The summed E-state index contributed by atoms with van der Waals surface area (Å²) in [6.07, 6.45) is -1.75. The first kappa shape index (κ1) is 28.4. The number of sulfonamides is 1. The molecule has 1 heterocycles. The SMILES string of the molecule is CS(=O)(=O)N(C[C@@H](C(N)=O)N1CCC(c2ccccc2)CC1)c1ccc(Oc2ccc(C(F)(F)F)cc2)cc1. The average molecular weight is 562 g/mol. The molecule has 1 aliphatic heterocycles. The maximum absolute atomic E-state index is 12.8. The van der Waals surface area contributed by atoms with Crippen LogP contribution in [-0.4, -0.2) is 51.2 Å². The van der Waals surface area contributed by atoms with E-state index in [1.54, 1.807) is 0 Å². The zero-order valence-corrected chi connectivity index (χ0v) is 22.2. The Bertz CT molecular complexity index is 1360. The van der Waals surface area contributed by atoms with E-state index in [9.17, 15) is 26.4 Å². The Kier molecular flexibility index (Phi) is 8.51. The van der Waals surface area contributed by atoms with E-state index in [0.29, 0.717) is 30.4 Å². The van der Waals surface area contributed by atoms with Crippen LogP contribution in [0.2, 0.25) is 0 Å². The van der Waals surface area contributed by atoms with Crippen molar-refractivity contribution in [2.75, 3.05) is 30.2 Å². The van der Waals surface area contributed by atoms with Gasteiger partial charge in [-0.05, 0) is 85.9 Å². The lowest BCUT2D eigenvalue weighted by Crippen LogP contribution is -2.54. The topological polar surface area (TPSA) is 92.9 Å². The third-order valence-electron chi connectivity index (χ3n) is 6.85. The van der Waals surface area contributed by atoms with Crippen LogP contribution < -0.4 is 14.8 Å². The van der Waals surface area contributed by atoms with Crippen LogP contribution in [0.5, 0.6) is 11.5 Å². The number of ether oxygens (including phenoxy) is 1. The fraction of sp³-hybridized carbons (Fsp3) is 0.321. The third kappa shape index (κ3) is 7.30. The van der Waals surface area contributed by atoms with Crippen molar-refractivity contribution >= 4 is 21.6 Å². The number of amides is 1. The first-order chi connectivity index (χ1) is 18.4. The molecule has 0 spiro atoms. The molecule has 0 bridgehead atoms. The standard InChI is InChI=1S/C28H30F3N3O4S/c1-39(36,37)34(19-26(27(32)35)33-17-15-21(16-18-33)20-5-3-2-4-6-20)23-9-13-25(14-10-23)38-24-11-7-22(8-12-24)28(29,30)31/h2-14,21,26H,15-19H2,1H3,(H2,32,35)/t26-/m0/s1. The average Bonchev–Trinajstić information content (AvgIpc) is 2.89. The van der Waals surface area contributed by atoms with Gasteiger partial charge in [-0.2, -0.15) is 13.2 Å². The van der Waals surface area contributed by atoms with Crippen LogP contribution in [0.25, 0.3) is 0 Å². The molecule has 1 fully saturated rings. The van der Waals surface area contributed by atoms with E-state index in [1.165, 1.54) is 42.0 Å². The highest BCUT2D eigenvalue weighted by atomic mass is 32.2. The van der Waals surface area contributed by atoms with Crippen LogP contribution in [-0.2, 0) is 21.0 Å². The molecule has 1 atom stereocenters. The van der Waals surface area contributed by atoms with Crippen LogP contribution in [0.1, 0.15) is 29.9 Å². The normalized spacial score (nSPS) is 16.0. The molecule has 208 valence electrons. The highest BCUT2D eigenvalue weighted by Gasteiger charge is 2.33. The number of carbonyl (C=O) groups is 1. The predicted molar refractivity (Wildman–Crippen MR) is 143 cm³/mol. The molecular formula is C28H30F3N3O4S. The van der Waals surface area contributed by atoms with E-state index in [0.717, 1.165) is 35.5 Å². The number of halogens is 3. The van der Waals surface area contributed by atoms with Gasteiger partial charge in [0.15, 0.2) is 0 Å². The largest absolute Gasteiger partial charge is 0.457 e. The summed E-state index contributed by atoms with van der Waals surface area (Å²) in [5.74, 6) is 0.257. The molecule has 1 amide bonds. The molecule has 0 saturated carbocycles. The van der Waals surface area contributed by atoms with Crippen LogP contribution in [0.15, 0.2) is 78.9 Å². The molecule has 0 unspecified atom stereocenters. The number of rotatable bonds is 9. The van der Waals surface area contributed by atoms with Gasteiger partial charge in [0.1, 0.15) is 17.5 Å². The summed E-state index contributed by atoms with van der Waals surface area (Å²) in [6, 6.07) is 19.6. The van der Waals surface area contributed by atoms with Gasteiger partial charge in [-0.1, -0.05) is 30.3 Å². The Balaban J connectivity index is 1.45. The highest BCUT2D eigenvalue weighted by Crippen LogP contribution is 2.33. The van der Waals surface area contributed by atoms with Gasteiger partial charge in [0.2, 0.25) is 15.9 Å². The number of anilines is 1. The van der Waals surface area contributed by atoms with Crippen molar-refractivity contribution in [3.8, 4) is 11.5 Å². The van der Waals surface area contributed by atoms with E-state index < -0.39 is 33.7 Å². The van der Waals surface area contributed by atoms with Gasteiger partial charge in [0, 0.05) is 0 Å². The van der Waals surface area contributed by atoms with Gasteiger partial charge in [-0.15, -0.1) is 0 Å². The summed E-state index contributed by atoms with van der Waals surface area (Å²) < 4.78 is 70.6. The van der Waals surface area contributed by atoms with Crippen LogP contribution in [0, 0.1) is 0 Å². The van der Waals surface area contributed by atoms with Gasteiger partial charge in [-0.25, -0.2) is 8.42 Å². The summed E-state index contributed by atoms with van der Waals surface area (Å²) >= 11 is 0. The molecule has 0 aromatic heterocycles. The Hall–Kier alpha value is -3.57. The number of nitrogens with zero attached hydrogens (tertiary/aromatic N) is 2. The Morgan fingerprint density at radius 3 is 2.00 bits per heavy atom. The van der Waals surface area contributed by atoms with E-state index in [-0.39, 0.29) is 12.3 Å². The summed E-state index contributed by atoms with van der Waals surface area (Å²) in [7, 11) is -3.78. The molecule has 2 N–H and O–H groups in total. The molecule has 4 rings (SSSR count). The fourth-order valence-electron chi connectivity index (χ4n) is 4.77. The first-order valence-electron chi connectivity index (χ1n) is 12.4. The quantitative estimate of drug-likeness (QED) is 0.397. The Morgan fingerprint density at radius 2 is 1.51 bits per heavy atom. The van der Waals surface area contributed by atoms with Gasteiger partial charge in [0.05, 0.1) is 24.1 Å². The molecule has 1 aliphatic rings. The van der Waals surface area contributed by atoms with Crippen molar-refractivity contribution in [3.63, 3.8) is 0 Å². The summed E-state index contributed by atoms with van der Waals surface area (Å²) in [6.45, 7) is 1.05. The molecule has 0 aliphatic carbocycles. The Morgan fingerprint density at radius 1 is 0.974 bits per heavy atom. The molecule has 0 radical (unpaired) electrons. The molecule has 1 saturated heterocycles. The van der Waals surface area contributed by atoms with E-state index in [1.807, 2.05) is 23.1 Å². The second-order valence-electron chi connectivity index (χ2n) is 9.55. The van der Waals surface area contributed by atoms with E-state index in [4.69, 9.17) is 10.5 Å². The van der Waals surface area contributed by atoms with Gasteiger partial charge < -0.3 is 10.5 Å². The molecule has 39 heavy (non-hydrogen) atoms. The maximum Gasteiger partial charge on any atom is 0.416 e. The number of hydrogen-bond donors (Lipinski definition) is 1. The minimum absolute atomic E-state index is 0.150. The van der Waals surface area contributed by atoms with Crippen molar-refractivity contribution in [3.05, 3.63) is 90.0 Å². The zero-order chi connectivity index (χ0) is 28.2. The highest BCUT2D eigenvalue weighted by molar-refractivity contribution is 7.92. The molecule has 11 heteroatoms. The van der Waals surface area contributed by atoms with Crippen molar-refractivity contribution in [1.82, 2.24) is 4.90 Å². The lowest BCUT2D eigenvalue weighted by molar-refractivity contribution is -0.137. The number of carbonyl (C=O) groups excluding carboxylic acids is 1. The smallest absolute Gasteiger partial charge is 0.416 e. The number of hydrogen-bond acceptors (Lipinski definition) is 5. The summed E-state index contributed by atoms with van der Waals surface area (Å²) in [5.41, 5.74) is 6.50. The molecule has 7 nitrogen and oxygen atoms in total. The van der Waals surface area contributed by atoms with Crippen molar-refractivity contribution in [2.24, 2.45) is 5.73 Å². The van der Waals surface area contributed by atoms with Gasteiger partial charge in [0.25, 0.3) is 0 Å². The number of primary amides is 1. The lowest BCUT2D eigenvalue weighted by atomic mass is 9.89. The zero-order valence-electron chi connectivity index (χ0n) is 21.3. The minimum Gasteiger partial charge on any atom is -0.457 e. The van der Waals surface area contributed by atoms with Gasteiger partial charge >= 0.3 is 6.18 Å². The van der Waals surface area contributed by atoms with Crippen LogP contribution in [0.3, 0.4) is 0 Å². The first-order valence-corrected chi connectivity index (χ1v) is 14.3. The van der Waals surface area contributed by atoms with Crippen LogP contribution >= 0.6 is 0 Å². The summed E-state index contributed by atoms with van der Waals surface area (Å²) in [4.78, 5) is 14.4. The lowest BCUT2D eigenvalue weighted by Gasteiger charge is -2.38. The van der Waals surface area contributed by atoms with Gasteiger partial charge in [-0.3, -0.25) is 14.0 Å². The fourth-order valence-corrected chi connectivity index (χ4v) is 5.69. The monoisotopic (exact) mass is 561 g/mol. The van der Waals surface area contributed by atoms with E-state index in [2.05, 4.69) is 12.1 Å². The molecular weight excluding hydrogens is 531 g/mol. The van der Waals surface area contributed by atoms with Crippen molar-refractivity contribution < 1.29 is 31.1 Å². The van der Waals surface area contributed by atoms with Crippen LogP contribution in [0.4, 0.5) is 18.9 Å². The van der Waals surface area contributed by atoms with Crippen molar-refractivity contribution in [2.45, 2.75) is 31.0 Å². The number of nitrogens with two attached hydrogens (primary N) is 1. The predicted octanol–water partition coefficient (Wildman–Crippen LogP) is 5.00. The second kappa shape index (κ2) is 11.7. The third-order valence-corrected chi connectivity index (χ3v) is 8.01. The molecule has 3 aromatic rings. The second-order valence-corrected chi connectivity index (χ2v) is 11.5. The minimum atomic E-state index is -4.45. The maximum atomic E-state index is 12.8. The Labute approximate surface area is 226 Å². The molecule has 3 aromatic carbocycles.